The number of H-pyrrole nitrogens is 1. The molecule has 0 saturated carbocycles. The van der Waals surface area contributed by atoms with Crippen molar-refractivity contribution in [2.45, 2.75) is 6.92 Å². The van der Waals surface area contributed by atoms with Crippen LogP contribution in [0.3, 0.4) is 0 Å². The first-order valence-electron chi connectivity index (χ1n) is 8.30. The molecule has 2 aromatic heterocycles. The van der Waals surface area contributed by atoms with E-state index in [9.17, 15) is 0 Å². The highest BCUT2D eigenvalue weighted by Crippen LogP contribution is 2.24. The average molecular weight is 345 g/mol. The van der Waals surface area contributed by atoms with Crippen LogP contribution in [0, 0.1) is 6.92 Å². The Kier molecular flexibility index (Phi) is 3.96. The van der Waals surface area contributed by atoms with Crippen LogP contribution in [-0.2, 0) is 0 Å². The summed E-state index contributed by atoms with van der Waals surface area (Å²) in [6, 6.07) is 14.2. The maximum absolute atomic E-state index is 4.46. The van der Waals surface area contributed by atoms with E-state index >= 15 is 0 Å². The zero-order valence-corrected chi connectivity index (χ0v) is 14.9. The van der Waals surface area contributed by atoms with Gasteiger partial charge in [-0.05, 0) is 30.2 Å². The van der Waals surface area contributed by atoms with Crippen molar-refractivity contribution in [1.29, 1.82) is 0 Å². The third-order valence-corrected chi connectivity index (χ3v) is 4.25. The number of hydrogen-bond acceptors (Lipinski definition) is 6. The molecule has 0 aliphatic heterocycles. The average Bonchev–Trinajstić information content (AvgIpc) is 3.01. The van der Waals surface area contributed by atoms with Gasteiger partial charge in [0.25, 0.3) is 5.95 Å². The molecule has 2 heterocycles. The van der Waals surface area contributed by atoms with Gasteiger partial charge < -0.3 is 9.88 Å². The summed E-state index contributed by atoms with van der Waals surface area (Å²) >= 11 is 0. The molecule has 7 heteroatoms. The van der Waals surface area contributed by atoms with Gasteiger partial charge in [-0.2, -0.15) is 10.1 Å². The van der Waals surface area contributed by atoms with E-state index in [2.05, 4.69) is 48.6 Å². The number of aromatic amines is 1. The minimum atomic E-state index is 0.350. The zero-order valence-electron chi connectivity index (χ0n) is 14.9. The number of nitrogens with zero attached hydrogens (tertiary/aromatic N) is 5. The summed E-state index contributed by atoms with van der Waals surface area (Å²) in [5, 5.41) is 13.6. The van der Waals surface area contributed by atoms with Crippen LogP contribution in [0.25, 0.3) is 22.1 Å². The van der Waals surface area contributed by atoms with E-state index < -0.39 is 0 Å². The molecule has 4 aromatic rings. The molecule has 0 bridgehead atoms. The van der Waals surface area contributed by atoms with Gasteiger partial charge in [-0.25, -0.2) is 5.43 Å². The smallest absolute Gasteiger partial charge is 0.265 e. The largest absolute Gasteiger partial charge is 0.378 e. The van der Waals surface area contributed by atoms with E-state index in [1.165, 1.54) is 0 Å². The van der Waals surface area contributed by atoms with Gasteiger partial charge in [0.15, 0.2) is 5.65 Å². The number of anilines is 2. The predicted octanol–water partition coefficient (Wildman–Crippen LogP) is 3.33. The summed E-state index contributed by atoms with van der Waals surface area (Å²) in [5.74, 6) is 0.350. The van der Waals surface area contributed by atoms with Crippen molar-refractivity contribution >= 4 is 39.9 Å². The minimum Gasteiger partial charge on any atom is -0.378 e. The third-order valence-electron chi connectivity index (χ3n) is 4.25. The Labute approximate surface area is 150 Å². The van der Waals surface area contributed by atoms with Crippen molar-refractivity contribution in [2.24, 2.45) is 5.10 Å². The van der Waals surface area contributed by atoms with E-state index in [-0.39, 0.29) is 0 Å². The van der Waals surface area contributed by atoms with Crippen LogP contribution < -0.4 is 10.3 Å². The van der Waals surface area contributed by atoms with E-state index in [4.69, 9.17) is 0 Å². The Morgan fingerprint density at radius 2 is 1.88 bits per heavy atom. The summed E-state index contributed by atoms with van der Waals surface area (Å²) in [4.78, 5) is 9.81. The number of hydrazone groups is 1. The molecule has 0 unspecified atom stereocenters. The minimum absolute atomic E-state index is 0.350. The highest BCUT2D eigenvalue weighted by atomic mass is 15.4. The summed E-state index contributed by atoms with van der Waals surface area (Å²) in [6.45, 7) is 2.05. The molecular formula is C19H19N7. The summed E-state index contributed by atoms with van der Waals surface area (Å²) in [7, 11) is 4.02. The van der Waals surface area contributed by atoms with E-state index in [0.717, 1.165) is 33.2 Å². The second kappa shape index (κ2) is 6.44. The molecule has 2 N–H and O–H groups in total. The quantitative estimate of drug-likeness (QED) is 0.438. The number of para-hydroxylation sites is 1. The van der Waals surface area contributed by atoms with Gasteiger partial charge in [0, 0.05) is 25.2 Å². The Morgan fingerprint density at radius 1 is 1.08 bits per heavy atom. The number of hydrogen-bond donors (Lipinski definition) is 2. The van der Waals surface area contributed by atoms with Crippen LogP contribution in [0.2, 0.25) is 0 Å². The van der Waals surface area contributed by atoms with Crippen molar-refractivity contribution in [3.05, 3.63) is 53.6 Å². The number of aryl methyl sites for hydroxylation is 1. The van der Waals surface area contributed by atoms with Crippen LogP contribution in [0.5, 0.6) is 0 Å². The van der Waals surface area contributed by atoms with Crippen molar-refractivity contribution in [3.63, 3.8) is 0 Å². The molecule has 0 atom stereocenters. The molecule has 0 spiro atoms. The molecule has 4 rings (SSSR count). The molecule has 0 aliphatic carbocycles. The topological polar surface area (TPSA) is 82.1 Å². The highest BCUT2D eigenvalue weighted by molar-refractivity contribution is 6.04. The lowest BCUT2D eigenvalue weighted by atomic mass is 10.1. The molecule has 0 saturated heterocycles. The predicted molar refractivity (Wildman–Crippen MR) is 106 cm³/mol. The second-order valence-corrected chi connectivity index (χ2v) is 6.31. The molecular weight excluding hydrogens is 326 g/mol. The van der Waals surface area contributed by atoms with Gasteiger partial charge in [-0.3, -0.25) is 0 Å². The standard InChI is InChI=1S/C19H19N7/c1-12-5-4-6-15-16(12)21-18-17(15)23-25-19(22-18)24-20-11-13-7-9-14(10-8-13)26(2)3/h4-11H,1-3H3,(H2,21,22,24,25)/b20-11+. The molecule has 7 nitrogen and oxygen atoms in total. The lowest BCUT2D eigenvalue weighted by Gasteiger charge is -2.11. The summed E-state index contributed by atoms with van der Waals surface area (Å²) in [6.07, 6.45) is 1.72. The van der Waals surface area contributed by atoms with Gasteiger partial charge in [-0.15, -0.1) is 10.2 Å². The van der Waals surface area contributed by atoms with Crippen LogP contribution in [0.4, 0.5) is 11.6 Å². The van der Waals surface area contributed by atoms with E-state index in [1.807, 2.05) is 50.5 Å². The monoisotopic (exact) mass is 345 g/mol. The SMILES string of the molecule is Cc1cccc2c1[nH]c1nc(N/N=C/c3ccc(N(C)C)cc3)nnc12. The molecule has 130 valence electrons. The number of benzene rings is 2. The van der Waals surface area contributed by atoms with Gasteiger partial charge in [0.05, 0.1) is 11.7 Å². The van der Waals surface area contributed by atoms with Crippen molar-refractivity contribution in [1.82, 2.24) is 20.2 Å². The fourth-order valence-corrected chi connectivity index (χ4v) is 2.81. The molecule has 0 aliphatic rings. The molecule has 0 radical (unpaired) electrons. The van der Waals surface area contributed by atoms with Gasteiger partial charge in [0.1, 0.15) is 5.52 Å². The number of rotatable bonds is 4. The van der Waals surface area contributed by atoms with E-state index in [1.54, 1.807) is 6.21 Å². The fourth-order valence-electron chi connectivity index (χ4n) is 2.81. The van der Waals surface area contributed by atoms with Crippen molar-refractivity contribution in [3.8, 4) is 0 Å². The Morgan fingerprint density at radius 3 is 2.65 bits per heavy atom. The normalized spacial score (nSPS) is 11.5. The van der Waals surface area contributed by atoms with E-state index in [0.29, 0.717) is 11.6 Å². The molecule has 2 aromatic carbocycles. The highest BCUT2D eigenvalue weighted by Gasteiger charge is 2.09. The number of aromatic nitrogens is 4. The first-order valence-corrected chi connectivity index (χ1v) is 8.30. The van der Waals surface area contributed by atoms with Crippen LogP contribution in [0.15, 0.2) is 47.6 Å². The third kappa shape index (κ3) is 2.95. The lowest BCUT2D eigenvalue weighted by Crippen LogP contribution is -2.08. The molecule has 26 heavy (non-hydrogen) atoms. The summed E-state index contributed by atoms with van der Waals surface area (Å²) in [5.41, 5.74) is 8.60. The summed E-state index contributed by atoms with van der Waals surface area (Å²) < 4.78 is 0. The number of fused-ring (bicyclic) bond motifs is 3. The molecule has 0 fully saturated rings. The maximum Gasteiger partial charge on any atom is 0.265 e. The second-order valence-electron chi connectivity index (χ2n) is 6.31. The lowest BCUT2D eigenvalue weighted by molar-refractivity contribution is 1.01. The maximum atomic E-state index is 4.46. The van der Waals surface area contributed by atoms with Crippen LogP contribution >= 0.6 is 0 Å². The van der Waals surface area contributed by atoms with Gasteiger partial charge >= 0.3 is 0 Å². The Hall–Kier alpha value is -3.48. The van der Waals surface area contributed by atoms with Gasteiger partial charge in [-0.1, -0.05) is 30.3 Å². The van der Waals surface area contributed by atoms with Crippen molar-refractivity contribution < 1.29 is 0 Å². The first-order chi connectivity index (χ1) is 12.6. The van der Waals surface area contributed by atoms with Crippen LogP contribution in [0.1, 0.15) is 11.1 Å². The zero-order chi connectivity index (χ0) is 18.1. The first kappa shape index (κ1) is 16.0. The molecule has 0 amide bonds. The Bertz CT molecular complexity index is 1090. The number of nitrogens with one attached hydrogen (secondary N) is 2. The van der Waals surface area contributed by atoms with Crippen LogP contribution in [-0.4, -0.2) is 40.5 Å². The van der Waals surface area contributed by atoms with Gasteiger partial charge in [0.2, 0.25) is 0 Å². The van der Waals surface area contributed by atoms with Crippen molar-refractivity contribution in [2.75, 3.05) is 24.4 Å². The Balaban J connectivity index is 1.55. The fraction of sp³-hybridized carbons (Fsp3) is 0.158.